The molecule has 0 radical (unpaired) electrons. The van der Waals surface area contributed by atoms with Crippen molar-refractivity contribution in [3.05, 3.63) is 35.3 Å². The van der Waals surface area contributed by atoms with Gasteiger partial charge in [-0.25, -0.2) is 4.39 Å². The number of aliphatic hydroxyl groups is 1. The first-order chi connectivity index (χ1) is 10.9. The van der Waals surface area contributed by atoms with Gasteiger partial charge in [0.2, 0.25) is 0 Å². The Kier molecular flexibility index (Phi) is 3.92. The summed E-state index contributed by atoms with van der Waals surface area (Å²) >= 11 is 0. The van der Waals surface area contributed by atoms with Crippen LogP contribution in [0.25, 0.3) is 10.9 Å². The zero-order valence-corrected chi connectivity index (χ0v) is 13.5. The molecule has 1 aromatic carbocycles. The van der Waals surface area contributed by atoms with E-state index in [2.05, 4.69) is 0 Å². The van der Waals surface area contributed by atoms with Gasteiger partial charge in [0.15, 0.2) is 0 Å². The molecule has 5 heteroatoms. The number of fused-ring (bicyclic) bond motifs is 3. The van der Waals surface area contributed by atoms with Crippen molar-refractivity contribution in [2.45, 2.75) is 57.6 Å². The Morgan fingerprint density at radius 2 is 2.04 bits per heavy atom. The SMILES string of the molecule is CCC(O)(CC)c1cc(F)cc2cc3n(c12)C(CC(=O)O)CC3. The van der Waals surface area contributed by atoms with Crippen LogP contribution in [0.1, 0.15) is 56.8 Å². The summed E-state index contributed by atoms with van der Waals surface area (Å²) in [5.74, 6) is -1.21. The largest absolute Gasteiger partial charge is 0.481 e. The number of carboxylic acid groups (broad SMARTS) is 1. The van der Waals surface area contributed by atoms with Crippen molar-refractivity contribution in [2.75, 3.05) is 0 Å². The number of aliphatic carboxylic acids is 1. The average molecular weight is 319 g/mol. The van der Waals surface area contributed by atoms with Crippen molar-refractivity contribution >= 4 is 16.9 Å². The van der Waals surface area contributed by atoms with Crippen LogP contribution in [-0.4, -0.2) is 20.7 Å². The van der Waals surface area contributed by atoms with Crippen LogP contribution in [0, 0.1) is 5.82 Å². The Bertz CT molecular complexity index is 761. The van der Waals surface area contributed by atoms with Crippen LogP contribution >= 0.6 is 0 Å². The lowest BCUT2D eigenvalue weighted by molar-refractivity contribution is -0.137. The molecule has 1 unspecified atom stereocenters. The van der Waals surface area contributed by atoms with Gasteiger partial charge in [0.25, 0.3) is 0 Å². The number of aryl methyl sites for hydroxylation is 1. The normalized spacial score (nSPS) is 17.7. The molecule has 2 aromatic rings. The number of nitrogens with zero attached hydrogens (tertiary/aromatic N) is 1. The van der Waals surface area contributed by atoms with E-state index in [1.165, 1.54) is 12.1 Å². The van der Waals surface area contributed by atoms with E-state index in [-0.39, 0.29) is 18.3 Å². The van der Waals surface area contributed by atoms with Gasteiger partial charge in [0, 0.05) is 22.7 Å². The highest BCUT2D eigenvalue weighted by Gasteiger charge is 2.33. The van der Waals surface area contributed by atoms with Gasteiger partial charge >= 0.3 is 5.97 Å². The van der Waals surface area contributed by atoms with E-state index >= 15 is 0 Å². The summed E-state index contributed by atoms with van der Waals surface area (Å²) in [7, 11) is 0. The minimum Gasteiger partial charge on any atom is -0.481 e. The Morgan fingerprint density at radius 3 is 2.65 bits per heavy atom. The molecule has 1 aromatic heterocycles. The van der Waals surface area contributed by atoms with Crippen LogP contribution in [0.4, 0.5) is 4.39 Å². The maximum Gasteiger partial charge on any atom is 0.305 e. The lowest BCUT2D eigenvalue weighted by Crippen LogP contribution is -2.25. The minimum atomic E-state index is -1.11. The molecule has 1 aliphatic rings. The molecular formula is C18H22FNO3. The van der Waals surface area contributed by atoms with Crippen LogP contribution in [0.5, 0.6) is 0 Å². The molecule has 0 bridgehead atoms. The van der Waals surface area contributed by atoms with E-state index in [4.69, 9.17) is 5.11 Å². The summed E-state index contributed by atoms with van der Waals surface area (Å²) in [6.07, 6.45) is 2.55. The molecule has 0 aliphatic carbocycles. The molecule has 0 fully saturated rings. The molecule has 23 heavy (non-hydrogen) atoms. The van der Waals surface area contributed by atoms with E-state index in [1.807, 2.05) is 24.5 Å². The molecule has 0 spiro atoms. The third kappa shape index (κ3) is 2.53. The zero-order valence-electron chi connectivity index (χ0n) is 13.5. The van der Waals surface area contributed by atoms with E-state index in [9.17, 15) is 14.3 Å². The Hall–Kier alpha value is -1.88. The van der Waals surface area contributed by atoms with Gasteiger partial charge in [0.1, 0.15) is 5.82 Å². The third-order valence-corrected chi connectivity index (χ3v) is 5.16. The van der Waals surface area contributed by atoms with Crippen molar-refractivity contribution in [3.8, 4) is 0 Å². The second-order valence-corrected chi connectivity index (χ2v) is 6.43. The maximum atomic E-state index is 14.1. The van der Waals surface area contributed by atoms with Crippen LogP contribution in [0.3, 0.4) is 0 Å². The van der Waals surface area contributed by atoms with E-state index < -0.39 is 11.6 Å². The van der Waals surface area contributed by atoms with Gasteiger partial charge in [0.05, 0.1) is 17.5 Å². The summed E-state index contributed by atoms with van der Waals surface area (Å²) in [6, 6.07) is 4.66. The van der Waals surface area contributed by atoms with Crippen LogP contribution in [0.2, 0.25) is 0 Å². The molecule has 2 N–H and O–H groups in total. The van der Waals surface area contributed by atoms with Crippen molar-refractivity contribution in [2.24, 2.45) is 0 Å². The van der Waals surface area contributed by atoms with Gasteiger partial charge in [-0.05, 0) is 43.9 Å². The Morgan fingerprint density at radius 1 is 1.35 bits per heavy atom. The highest BCUT2D eigenvalue weighted by Crippen LogP contribution is 2.41. The summed E-state index contributed by atoms with van der Waals surface area (Å²) in [5, 5.41) is 20.8. The highest BCUT2D eigenvalue weighted by atomic mass is 19.1. The molecular weight excluding hydrogens is 297 g/mol. The number of carbonyl (C=O) groups is 1. The van der Waals surface area contributed by atoms with Crippen molar-refractivity contribution in [1.29, 1.82) is 0 Å². The number of benzene rings is 1. The summed E-state index contributed by atoms with van der Waals surface area (Å²) in [6.45, 7) is 3.76. The maximum absolute atomic E-state index is 14.1. The molecule has 0 amide bonds. The lowest BCUT2D eigenvalue weighted by Gasteiger charge is -2.28. The monoisotopic (exact) mass is 319 g/mol. The topological polar surface area (TPSA) is 62.5 Å². The van der Waals surface area contributed by atoms with E-state index in [0.717, 1.165) is 29.4 Å². The number of carboxylic acids is 1. The third-order valence-electron chi connectivity index (χ3n) is 5.16. The van der Waals surface area contributed by atoms with E-state index in [1.54, 1.807) is 0 Å². The quantitative estimate of drug-likeness (QED) is 0.882. The lowest BCUT2D eigenvalue weighted by atomic mass is 9.87. The first-order valence-corrected chi connectivity index (χ1v) is 8.17. The van der Waals surface area contributed by atoms with Crippen LogP contribution in [-0.2, 0) is 16.8 Å². The zero-order chi connectivity index (χ0) is 16.8. The van der Waals surface area contributed by atoms with Gasteiger partial charge in [-0.3, -0.25) is 4.79 Å². The van der Waals surface area contributed by atoms with Gasteiger partial charge in [-0.1, -0.05) is 13.8 Å². The second-order valence-electron chi connectivity index (χ2n) is 6.43. The van der Waals surface area contributed by atoms with Crippen LogP contribution in [0.15, 0.2) is 18.2 Å². The fourth-order valence-electron chi connectivity index (χ4n) is 3.83. The molecule has 124 valence electrons. The van der Waals surface area contributed by atoms with Crippen molar-refractivity contribution in [3.63, 3.8) is 0 Å². The molecule has 1 aliphatic heterocycles. The molecule has 4 nitrogen and oxygen atoms in total. The van der Waals surface area contributed by atoms with Gasteiger partial charge < -0.3 is 14.8 Å². The fraction of sp³-hybridized carbons (Fsp3) is 0.500. The van der Waals surface area contributed by atoms with Crippen molar-refractivity contribution in [1.82, 2.24) is 4.57 Å². The Balaban J connectivity index is 2.27. The number of aromatic nitrogens is 1. The highest BCUT2D eigenvalue weighted by molar-refractivity contribution is 5.86. The minimum absolute atomic E-state index is 0.0459. The number of halogens is 1. The van der Waals surface area contributed by atoms with E-state index in [0.29, 0.717) is 18.4 Å². The second kappa shape index (κ2) is 5.64. The number of hydrogen-bond donors (Lipinski definition) is 2. The standard InChI is InChI=1S/C18H22FNO3/c1-3-18(23,4-2)15-9-12(19)7-11-8-13-5-6-14(10-16(21)22)20(13)17(11)15/h7-9,14,23H,3-6,10H2,1-2H3,(H,21,22). The summed E-state index contributed by atoms with van der Waals surface area (Å²) < 4.78 is 16.1. The van der Waals surface area contributed by atoms with Crippen LogP contribution < -0.4 is 0 Å². The summed E-state index contributed by atoms with van der Waals surface area (Å²) in [4.78, 5) is 11.1. The predicted molar refractivity (Wildman–Crippen MR) is 86.0 cm³/mol. The smallest absolute Gasteiger partial charge is 0.305 e. The fourth-order valence-corrected chi connectivity index (χ4v) is 3.83. The van der Waals surface area contributed by atoms with Gasteiger partial charge in [-0.15, -0.1) is 0 Å². The first-order valence-electron chi connectivity index (χ1n) is 8.17. The molecule has 3 rings (SSSR count). The number of hydrogen-bond acceptors (Lipinski definition) is 2. The molecule has 0 saturated heterocycles. The predicted octanol–water partition coefficient (Wildman–Crippen LogP) is 3.75. The molecule has 0 saturated carbocycles. The molecule has 1 atom stereocenters. The molecule has 2 heterocycles. The Labute approximate surface area is 134 Å². The van der Waals surface area contributed by atoms with Crippen molar-refractivity contribution < 1.29 is 19.4 Å². The number of rotatable bonds is 5. The van der Waals surface area contributed by atoms with Gasteiger partial charge in [-0.2, -0.15) is 0 Å². The first kappa shape index (κ1) is 16.0. The average Bonchev–Trinajstić information content (AvgIpc) is 3.04. The summed E-state index contributed by atoms with van der Waals surface area (Å²) in [5.41, 5.74) is 1.27.